The fraction of sp³-hybridized carbons (Fsp3) is 0.0588. The van der Waals surface area contributed by atoms with Gasteiger partial charge in [-0.3, -0.25) is 4.79 Å². The van der Waals surface area contributed by atoms with Gasteiger partial charge in [0, 0.05) is 24.7 Å². The zero-order chi connectivity index (χ0) is 18.8. The first-order valence-corrected chi connectivity index (χ1v) is 10.9. The Morgan fingerprint density at radius 2 is 2.00 bits per heavy atom. The molecule has 0 unspecified atom stereocenters. The molecule has 0 atom stereocenters. The molecule has 0 saturated heterocycles. The van der Waals surface area contributed by atoms with Gasteiger partial charge in [-0.2, -0.15) is 4.99 Å². The van der Waals surface area contributed by atoms with Crippen LogP contribution in [0.3, 0.4) is 0 Å². The van der Waals surface area contributed by atoms with Crippen LogP contribution < -0.4 is 10.5 Å². The molecule has 3 rings (SSSR count). The Labute approximate surface area is 191 Å². The molecule has 0 aliphatic carbocycles. The van der Waals surface area contributed by atoms with Gasteiger partial charge in [0.15, 0.2) is 5.17 Å². The Bertz CT molecular complexity index is 964. The molecule has 4 nitrogen and oxygen atoms in total. The van der Waals surface area contributed by atoms with E-state index in [0.29, 0.717) is 20.7 Å². The van der Waals surface area contributed by atoms with E-state index in [-0.39, 0.29) is 17.7 Å². The summed E-state index contributed by atoms with van der Waals surface area (Å²) >= 11 is 17.7. The van der Waals surface area contributed by atoms with Gasteiger partial charge >= 0.3 is 0 Å². The number of nitrogens with two attached hydrogens (primary N) is 1. The predicted octanol–water partition coefficient (Wildman–Crippen LogP) is 5.71. The van der Waals surface area contributed by atoms with Crippen LogP contribution in [0.1, 0.15) is 11.1 Å². The van der Waals surface area contributed by atoms with E-state index in [1.165, 1.54) is 0 Å². The molecule has 0 aromatic heterocycles. The Morgan fingerprint density at radius 1 is 1.23 bits per heavy atom. The van der Waals surface area contributed by atoms with E-state index in [1.807, 2.05) is 18.2 Å². The molecule has 0 radical (unpaired) electrons. The monoisotopic (exact) mass is 630 g/mol. The van der Waals surface area contributed by atoms with E-state index >= 15 is 0 Å². The van der Waals surface area contributed by atoms with E-state index in [2.05, 4.69) is 50.2 Å². The van der Waals surface area contributed by atoms with Crippen LogP contribution in [0.5, 0.6) is 5.75 Å². The molecule has 1 amide bonds. The molecule has 2 N–H and O–H groups in total. The molecular weight excluding hydrogens is 621 g/mol. The standard InChI is InChI=1S/C17H10Cl2I2N2O2S/c18-10-2-1-8(12(19)5-10)7-25-15-9(3-11(20)6-13(15)21)4-14-16(24)23-17(22)26-14/h1-6H,7H2,(H2,22,23,24)/b14-4-. The first-order valence-electron chi connectivity index (χ1n) is 7.17. The van der Waals surface area contributed by atoms with Crippen molar-refractivity contribution in [1.82, 2.24) is 0 Å². The van der Waals surface area contributed by atoms with Gasteiger partial charge < -0.3 is 10.5 Å². The van der Waals surface area contributed by atoms with Gasteiger partial charge in [0.2, 0.25) is 0 Å². The molecule has 0 fully saturated rings. The molecule has 1 heterocycles. The number of nitrogens with zero attached hydrogens (tertiary/aromatic N) is 1. The Balaban J connectivity index is 1.91. The van der Waals surface area contributed by atoms with Gasteiger partial charge in [0.25, 0.3) is 5.91 Å². The average Bonchev–Trinajstić information content (AvgIpc) is 2.85. The van der Waals surface area contributed by atoms with E-state index in [4.69, 9.17) is 33.7 Å². The van der Waals surface area contributed by atoms with Crippen LogP contribution in [0, 0.1) is 7.14 Å². The van der Waals surface area contributed by atoms with Gasteiger partial charge in [-0.1, -0.05) is 29.3 Å². The maximum Gasteiger partial charge on any atom is 0.286 e. The lowest BCUT2D eigenvalue weighted by molar-refractivity contribution is -0.113. The molecule has 0 spiro atoms. The molecule has 134 valence electrons. The number of thioether (sulfide) groups is 1. The van der Waals surface area contributed by atoms with Gasteiger partial charge in [0.05, 0.1) is 8.48 Å². The number of rotatable bonds is 4. The highest BCUT2D eigenvalue weighted by Gasteiger charge is 2.21. The maximum absolute atomic E-state index is 11.9. The predicted molar refractivity (Wildman–Crippen MR) is 125 cm³/mol. The number of amides is 1. The first-order chi connectivity index (χ1) is 12.3. The lowest BCUT2D eigenvalue weighted by atomic mass is 10.2. The highest BCUT2D eigenvalue weighted by Crippen LogP contribution is 2.34. The number of carbonyl (C=O) groups excluding carboxylic acids is 1. The summed E-state index contributed by atoms with van der Waals surface area (Å²) in [6.45, 7) is 0.280. The molecule has 1 aliphatic heterocycles. The van der Waals surface area contributed by atoms with Gasteiger partial charge in [-0.15, -0.1) is 0 Å². The molecular formula is C17H10Cl2I2N2O2S. The van der Waals surface area contributed by atoms with Crippen molar-refractivity contribution in [2.75, 3.05) is 0 Å². The highest BCUT2D eigenvalue weighted by molar-refractivity contribution is 14.1. The largest absolute Gasteiger partial charge is 0.487 e. The number of aliphatic imine (C=N–C) groups is 1. The number of hydrogen-bond donors (Lipinski definition) is 1. The van der Waals surface area contributed by atoms with E-state index in [0.717, 1.165) is 30.0 Å². The normalized spacial score (nSPS) is 15.5. The number of ether oxygens (including phenoxy) is 1. The minimum Gasteiger partial charge on any atom is -0.487 e. The SMILES string of the molecule is NC1=NC(=O)/C(=C/c2cc(I)cc(I)c2OCc2ccc(Cl)cc2Cl)S1. The van der Waals surface area contributed by atoms with Crippen molar-refractivity contribution in [2.45, 2.75) is 6.61 Å². The number of amidine groups is 1. The second-order valence-electron chi connectivity index (χ2n) is 5.20. The van der Waals surface area contributed by atoms with Crippen molar-refractivity contribution in [3.8, 4) is 5.75 Å². The van der Waals surface area contributed by atoms with Crippen LogP contribution in [0.15, 0.2) is 40.2 Å². The average molecular weight is 631 g/mol. The van der Waals surface area contributed by atoms with Crippen LogP contribution in [-0.2, 0) is 11.4 Å². The fourth-order valence-electron chi connectivity index (χ4n) is 2.20. The van der Waals surface area contributed by atoms with E-state index in [1.54, 1.807) is 18.2 Å². The van der Waals surface area contributed by atoms with Gasteiger partial charge in [-0.05, 0) is 87.3 Å². The first kappa shape index (κ1) is 20.2. The Hall–Kier alpha value is -0.490. The molecule has 2 aromatic rings. The molecule has 0 bridgehead atoms. The van der Waals surface area contributed by atoms with Crippen molar-refractivity contribution in [1.29, 1.82) is 0 Å². The zero-order valence-electron chi connectivity index (χ0n) is 12.9. The molecule has 26 heavy (non-hydrogen) atoms. The van der Waals surface area contributed by atoms with Crippen molar-refractivity contribution in [2.24, 2.45) is 10.7 Å². The van der Waals surface area contributed by atoms with Gasteiger partial charge in [-0.25, -0.2) is 0 Å². The zero-order valence-corrected chi connectivity index (χ0v) is 19.6. The third-order valence-electron chi connectivity index (χ3n) is 3.35. The quantitative estimate of drug-likeness (QED) is 0.347. The fourth-order valence-corrected chi connectivity index (χ4v) is 5.38. The maximum atomic E-state index is 11.9. The van der Waals surface area contributed by atoms with E-state index < -0.39 is 0 Å². The summed E-state index contributed by atoms with van der Waals surface area (Å²) in [5.74, 6) is 0.330. The topological polar surface area (TPSA) is 64.7 Å². The van der Waals surface area contributed by atoms with Crippen molar-refractivity contribution in [3.63, 3.8) is 0 Å². The van der Waals surface area contributed by atoms with Gasteiger partial charge in [0.1, 0.15) is 12.4 Å². The lowest BCUT2D eigenvalue weighted by Gasteiger charge is -2.13. The number of benzene rings is 2. The summed E-state index contributed by atoms with van der Waals surface area (Å²) in [5, 5.41) is 1.36. The molecule has 1 aliphatic rings. The smallest absolute Gasteiger partial charge is 0.286 e. The Morgan fingerprint density at radius 3 is 2.65 bits per heavy atom. The van der Waals surface area contributed by atoms with Crippen molar-refractivity contribution in [3.05, 3.63) is 63.5 Å². The van der Waals surface area contributed by atoms with Crippen LogP contribution in [0.2, 0.25) is 10.0 Å². The van der Waals surface area contributed by atoms with Crippen LogP contribution in [-0.4, -0.2) is 11.1 Å². The number of halogens is 4. The summed E-state index contributed by atoms with van der Waals surface area (Å²) in [4.78, 5) is 16.1. The number of hydrogen-bond acceptors (Lipinski definition) is 4. The van der Waals surface area contributed by atoms with Crippen molar-refractivity contribution >= 4 is 97.3 Å². The summed E-state index contributed by atoms with van der Waals surface area (Å²) in [5.41, 5.74) is 7.23. The van der Waals surface area contributed by atoms with Crippen LogP contribution in [0.4, 0.5) is 0 Å². The highest BCUT2D eigenvalue weighted by atomic mass is 127. The summed E-state index contributed by atoms with van der Waals surface area (Å²) in [7, 11) is 0. The minimum absolute atomic E-state index is 0.247. The summed E-state index contributed by atoms with van der Waals surface area (Å²) < 4.78 is 7.98. The minimum atomic E-state index is -0.340. The lowest BCUT2D eigenvalue weighted by Crippen LogP contribution is -2.01. The summed E-state index contributed by atoms with van der Waals surface area (Å²) in [6, 6.07) is 9.21. The third-order valence-corrected chi connectivity index (χ3v) is 6.17. The molecule has 0 saturated carbocycles. The third kappa shape index (κ3) is 4.86. The molecule has 2 aromatic carbocycles. The van der Waals surface area contributed by atoms with Crippen LogP contribution in [0.25, 0.3) is 6.08 Å². The molecule has 9 heteroatoms. The summed E-state index contributed by atoms with van der Waals surface area (Å²) in [6.07, 6.45) is 1.75. The van der Waals surface area contributed by atoms with E-state index in [9.17, 15) is 4.79 Å². The van der Waals surface area contributed by atoms with Crippen LogP contribution >= 0.6 is 80.1 Å². The second-order valence-corrected chi connectivity index (χ2v) is 9.51. The second kappa shape index (κ2) is 8.68. The Kier molecular flexibility index (Phi) is 6.76. The van der Waals surface area contributed by atoms with Crippen molar-refractivity contribution < 1.29 is 9.53 Å². The number of carbonyl (C=O) groups is 1.